The van der Waals surface area contributed by atoms with Crippen molar-refractivity contribution in [3.8, 4) is 0 Å². The number of hydrogen-bond acceptors (Lipinski definition) is 4. The summed E-state index contributed by atoms with van der Waals surface area (Å²) >= 11 is 0. The van der Waals surface area contributed by atoms with Gasteiger partial charge >= 0.3 is 11.9 Å². The summed E-state index contributed by atoms with van der Waals surface area (Å²) in [6.07, 6.45) is 1.94. The van der Waals surface area contributed by atoms with Crippen molar-refractivity contribution in [1.82, 2.24) is 0 Å². The third-order valence-electron chi connectivity index (χ3n) is 2.56. The van der Waals surface area contributed by atoms with Crippen molar-refractivity contribution in [3.63, 3.8) is 0 Å². The maximum atomic E-state index is 11.4. The highest BCUT2D eigenvalue weighted by molar-refractivity contribution is 5.91. The van der Waals surface area contributed by atoms with Crippen molar-refractivity contribution in [1.29, 1.82) is 0 Å². The van der Waals surface area contributed by atoms with Crippen molar-refractivity contribution in [2.75, 3.05) is 6.61 Å². The third kappa shape index (κ3) is 3.08. The summed E-state index contributed by atoms with van der Waals surface area (Å²) in [5, 5.41) is 0. The molecule has 90 valence electrons. The second kappa shape index (κ2) is 4.68. The summed E-state index contributed by atoms with van der Waals surface area (Å²) in [5.74, 6) is -0.829. The van der Waals surface area contributed by atoms with Crippen LogP contribution in [-0.2, 0) is 19.1 Å². The first-order valence-corrected chi connectivity index (χ1v) is 5.38. The van der Waals surface area contributed by atoms with Crippen LogP contribution in [0.15, 0.2) is 12.2 Å². The Morgan fingerprint density at radius 3 is 2.38 bits per heavy atom. The van der Waals surface area contributed by atoms with E-state index in [0.717, 1.165) is 12.2 Å². The summed E-state index contributed by atoms with van der Waals surface area (Å²) in [6.45, 7) is 8.03. The molecule has 1 aliphatic heterocycles. The Morgan fingerprint density at radius 1 is 1.25 bits per heavy atom. The molecule has 1 aliphatic rings. The average Bonchev–Trinajstić information content (AvgIpc) is 2.22. The first-order valence-electron chi connectivity index (χ1n) is 5.38. The van der Waals surface area contributed by atoms with Gasteiger partial charge in [-0.25, -0.2) is 9.59 Å². The molecule has 0 saturated heterocycles. The molecule has 4 heteroatoms. The molecule has 0 saturated carbocycles. The van der Waals surface area contributed by atoms with E-state index in [0.29, 0.717) is 0 Å². The van der Waals surface area contributed by atoms with E-state index in [9.17, 15) is 9.59 Å². The van der Waals surface area contributed by atoms with Crippen LogP contribution in [0.3, 0.4) is 0 Å². The largest absolute Gasteiger partial charge is 0.462 e. The van der Waals surface area contributed by atoms with E-state index in [1.54, 1.807) is 0 Å². The van der Waals surface area contributed by atoms with Gasteiger partial charge in [0.25, 0.3) is 0 Å². The fourth-order valence-electron chi connectivity index (χ4n) is 1.89. The molecular weight excluding hydrogens is 208 g/mol. The monoisotopic (exact) mass is 226 g/mol. The van der Waals surface area contributed by atoms with Crippen LogP contribution < -0.4 is 0 Å². The van der Waals surface area contributed by atoms with Gasteiger partial charge in [0.1, 0.15) is 12.7 Å². The van der Waals surface area contributed by atoms with Crippen LogP contribution in [0.4, 0.5) is 0 Å². The molecule has 1 heterocycles. The molecule has 16 heavy (non-hydrogen) atoms. The topological polar surface area (TPSA) is 52.6 Å². The van der Waals surface area contributed by atoms with Gasteiger partial charge in [0.05, 0.1) is 0 Å². The Labute approximate surface area is 95.6 Å². The zero-order valence-corrected chi connectivity index (χ0v) is 10.1. The van der Waals surface area contributed by atoms with E-state index in [1.165, 1.54) is 0 Å². The van der Waals surface area contributed by atoms with Crippen LogP contribution in [0.5, 0.6) is 0 Å². The van der Waals surface area contributed by atoms with Gasteiger partial charge in [-0.3, -0.25) is 0 Å². The van der Waals surface area contributed by atoms with E-state index in [-0.39, 0.29) is 24.0 Å². The minimum absolute atomic E-state index is 0.171. The van der Waals surface area contributed by atoms with E-state index < -0.39 is 11.9 Å². The predicted octanol–water partition coefficient (Wildman–Crippen LogP) is 1.69. The maximum Gasteiger partial charge on any atom is 0.331 e. The van der Waals surface area contributed by atoms with Crippen LogP contribution in [0.1, 0.15) is 27.7 Å². The quantitative estimate of drug-likeness (QED) is 0.638. The Bertz CT molecular complexity index is 315. The number of carbonyl (C=O) groups excluding carboxylic acids is 2. The molecule has 1 rings (SSSR count). The summed E-state index contributed by atoms with van der Waals surface area (Å²) in [4.78, 5) is 22.6. The molecular formula is C12H18O4. The SMILES string of the molecule is CC(C)C1OC(=O)/C=C\C(=O)OCC1(C)C. The highest BCUT2D eigenvalue weighted by Gasteiger charge is 2.36. The number of cyclic esters (lactones) is 2. The van der Waals surface area contributed by atoms with E-state index in [1.807, 2.05) is 27.7 Å². The lowest BCUT2D eigenvalue weighted by atomic mass is 9.81. The zero-order chi connectivity index (χ0) is 12.3. The first-order chi connectivity index (χ1) is 7.33. The second-order valence-corrected chi connectivity index (χ2v) is 5.03. The lowest BCUT2D eigenvalue weighted by molar-refractivity contribution is -0.157. The Hall–Kier alpha value is -1.32. The lowest BCUT2D eigenvalue weighted by Gasteiger charge is -2.35. The minimum atomic E-state index is -0.505. The Morgan fingerprint density at radius 2 is 1.81 bits per heavy atom. The fraction of sp³-hybridized carbons (Fsp3) is 0.667. The van der Waals surface area contributed by atoms with Gasteiger partial charge in [0, 0.05) is 17.6 Å². The molecule has 0 fully saturated rings. The molecule has 0 aromatic heterocycles. The molecule has 0 radical (unpaired) electrons. The third-order valence-corrected chi connectivity index (χ3v) is 2.56. The van der Waals surface area contributed by atoms with Crippen LogP contribution >= 0.6 is 0 Å². The van der Waals surface area contributed by atoms with E-state index in [4.69, 9.17) is 9.47 Å². The van der Waals surface area contributed by atoms with Gasteiger partial charge in [0.2, 0.25) is 0 Å². The molecule has 0 aromatic carbocycles. The van der Waals surface area contributed by atoms with Crippen LogP contribution in [-0.4, -0.2) is 24.6 Å². The smallest absolute Gasteiger partial charge is 0.331 e. The van der Waals surface area contributed by atoms with Crippen LogP contribution in [0.2, 0.25) is 0 Å². The van der Waals surface area contributed by atoms with Crippen LogP contribution in [0, 0.1) is 11.3 Å². The van der Waals surface area contributed by atoms with Crippen molar-refractivity contribution in [2.45, 2.75) is 33.8 Å². The van der Waals surface area contributed by atoms with Gasteiger partial charge in [0.15, 0.2) is 0 Å². The predicted molar refractivity (Wildman–Crippen MR) is 58.6 cm³/mol. The number of ether oxygens (including phenoxy) is 2. The van der Waals surface area contributed by atoms with Gasteiger partial charge in [-0.05, 0) is 5.92 Å². The van der Waals surface area contributed by atoms with Gasteiger partial charge in [-0.2, -0.15) is 0 Å². The average molecular weight is 226 g/mol. The summed E-state index contributed by atoms with van der Waals surface area (Å²) < 4.78 is 10.4. The number of rotatable bonds is 1. The van der Waals surface area contributed by atoms with E-state index >= 15 is 0 Å². The molecule has 4 nitrogen and oxygen atoms in total. The van der Waals surface area contributed by atoms with Gasteiger partial charge in [-0.15, -0.1) is 0 Å². The van der Waals surface area contributed by atoms with Crippen molar-refractivity contribution < 1.29 is 19.1 Å². The number of carbonyl (C=O) groups is 2. The standard InChI is InChI=1S/C12H18O4/c1-8(2)11-12(3,4)7-15-9(13)5-6-10(14)16-11/h5-6,8,11H,7H2,1-4H3/b6-5-. The molecule has 0 bridgehead atoms. The zero-order valence-electron chi connectivity index (χ0n) is 10.1. The van der Waals surface area contributed by atoms with Gasteiger partial charge in [-0.1, -0.05) is 27.7 Å². The summed E-state index contributed by atoms with van der Waals surface area (Å²) in [5.41, 5.74) is -0.383. The molecule has 0 amide bonds. The normalized spacial score (nSPS) is 27.4. The fourth-order valence-corrected chi connectivity index (χ4v) is 1.89. The van der Waals surface area contributed by atoms with Crippen molar-refractivity contribution in [3.05, 3.63) is 12.2 Å². The van der Waals surface area contributed by atoms with E-state index in [2.05, 4.69) is 0 Å². The Balaban J connectivity index is 2.95. The van der Waals surface area contributed by atoms with Crippen molar-refractivity contribution in [2.24, 2.45) is 11.3 Å². The molecule has 0 aromatic rings. The number of esters is 2. The summed E-state index contributed by atoms with van der Waals surface area (Å²) in [6, 6.07) is 0. The molecule has 1 atom stereocenters. The van der Waals surface area contributed by atoms with Crippen LogP contribution in [0.25, 0.3) is 0 Å². The molecule has 0 aliphatic carbocycles. The Kier molecular flexibility index (Phi) is 3.73. The molecule has 1 unspecified atom stereocenters. The highest BCUT2D eigenvalue weighted by Crippen LogP contribution is 2.30. The van der Waals surface area contributed by atoms with Gasteiger partial charge < -0.3 is 9.47 Å². The first kappa shape index (κ1) is 12.7. The molecule has 0 spiro atoms. The minimum Gasteiger partial charge on any atom is -0.462 e. The van der Waals surface area contributed by atoms with Crippen molar-refractivity contribution >= 4 is 11.9 Å². The maximum absolute atomic E-state index is 11.4. The highest BCUT2D eigenvalue weighted by atomic mass is 16.6. The lowest BCUT2D eigenvalue weighted by Crippen LogP contribution is -2.40. The summed E-state index contributed by atoms with van der Waals surface area (Å²) in [7, 11) is 0. The molecule has 0 N–H and O–H groups in total. The second-order valence-electron chi connectivity index (χ2n) is 5.03. The number of hydrogen-bond donors (Lipinski definition) is 0.